The molecule has 0 radical (unpaired) electrons. The number of halogens is 1. The highest BCUT2D eigenvalue weighted by Crippen LogP contribution is 2.27. The zero-order valence-corrected chi connectivity index (χ0v) is 12.8. The van der Waals surface area contributed by atoms with Crippen LogP contribution in [-0.4, -0.2) is 35.6 Å². The molecule has 1 atom stereocenters. The van der Waals surface area contributed by atoms with Gasteiger partial charge in [-0.1, -0.05) is 11.6 Å². The molecule has 2 fully saturated rings. The van der Waals surface area contributed by atoms with Gasteiger partial charge in [0, 0.05) is 37.6 Å². The summed E-state index contributed by atoms with van der Waals surface area (Å²) >= 11 is 8.27. The highest BCUT2D eigenvalue weighted by Gasteiger charge is 2.23. The zero-order valence-electron chi connectivity index (χ0n) is 11.2. The maximum absolute atomic E-state index is 6.24. The number of rotatable bonds is 5. The maximum Gasteiger partial charge on any atom is 0.128 e. The van der Waals surface area contributed by atoms with E-state index in [0.29, 0.717) is 12.1 Å². The molecule has 19 heavy (non-hydrogen) atoms. The van der Waals surface area contributed by atoms with E-state index >= 15 is 0 Å². The van der Waals surface area contributed by atoms with E-state index in [9.17, 15) is 0 Å². The molecule has 0 amide bonds. The van der Waals surface area contributed by atoms with Crippen LogP contribution in [0.3, 0.4) is 0 Å². The molecule has 2 heterocycles. The minimum absolute atomic E-state index is 0.614. The smallest absolute Gasteiger partial charge is 0.128 e. The summed E-state index contributed by atoms with van der Waals surface area (Å²) in [6.07, 6.45) is 5.64. The fraction of sp³-hybridized carbons (Fsp3) is 0.643. The van der Waals surface area contributed by atoms with Crippen molar-refractivity contribution in [2.24, 2.45) is 0 Å². The third-order valence-corrected chi connectivity index (χ3v) is 5.38. The first kappa shape index (κ1) is 13.5. The summed E-state index contributed by atoms with van der Waals surface area (Å²) < 4.78 is 0. The van der Waals surface area contributed by atoms with Gasteiger partial charge in [-0.2, -0.15) is 11.8 Å². The fourth-order valence-electron chi connectivity index (χ4n) is 2.35. The van der Waals surface area contributed by atoms with Crippen LogP contribution in [0.15, 0.2) is 12.3 Å². The third kappa shape index (κ3) is 3.36. The van der Waals surface area contributed by atoms with Gasteiger partial charge in [-0.05, 0) is 36.6 Å². The van der Waals surface area contributed by atoms with Gasteiger partial charge in [0.15, 0.2) is 0 Å². The van der Waals surface area contributed by atoms with E-state index in [2.05, 4.69) is 28.3 Å². The lowest BCUT2D eigenvalue weighted by Crippen LogP contribution is -2.32. The number of aromatic nitrogens is 1. The summed E-state index contributed by atoms with van der Waals surface area (Å²) in [5, 5.41) is 4.28. The first-order chi connectivity index (χ1) is 9.24. The van der Waals surface area contributed by atoms with Gasteiger partial charge in [0.05, 0.1) is 5.02 Å². The number of hydrogen-bond acceptors (Lipinski definition) is 4. The summed E-state index contributed by atoms with van der Waals surface area (Å²) in [5.74, 6) is 3.51. The van der Waals surface area contributed by atoms with Crippen LogP contribution in [0.1, 0.15) is 24.8 Å². The van der Waals surface area contributed by atoms with E-state index < -0.39 is 0 Å². The second-order valence-electron chi connectivity index (χ2n) is 5.42. The van der Waals surface area contributed by atoms with Gasteiger partial charge < -0.3 is 10.2 Å². The summed E-state index contributed by atoms with van der Waals surface area (Å²) in [7, 11) is 2.14. The lowest BCUT2D eigenvalue weighted by molar-refractivity contribution is 0.678. The lowest BCUT2D eigenvalue weighted by Gasteiger charge is -2.25. The Morgan fingerprint density at radius 1 is 1.47 bits per heavy atom. The molecule has 3 nitrogen and oxygen atoms in total. The Morgan fingerprint density at radius 3 is 3.00 bits per heavy atom. The summed E-state index contributed by atoms with van der Waals surface area (Å²) in [5.41, 5.74) is 1.16. The van der Waals surface area contributed by atoms with Crippen LogP contribution >= 0.6 is 23.4 Å². The van der Waals surface area contributed by atoms with Crippen LogP contribution in [0.5, 0.6) is 0 Å². The van der Waals surface area contributed by atoms with Crippen LogP contribution in [0, 0.1) is 0 Å². The average Bonchev–Trinajstić information content (AvgIpc) is 3.09. The predicted octanol–water partition coefficient (Wildman–Crippen LogP) is 2.93. The van der Waals surface area contributed by atoms with Gasteiger partial charge in [-0.3, -0.25) is 0 Å². The normalized spacial score (nSPS) is 22.7. The minimum atomic E-state index is 0.614. The quantitative estimate of drug-likeness (QED) is 0.904. The molecule has 5 heteroatoms. The zero-order chi connectivity index (χ0) is 13.2. The molecule has 1 unspecified atom stereocenters. The van der Waals surface area contributed by atoms with Crippen molar-refractivity contribution in [1.82, 2.24) is 10.3 Å². The highest BCUT2D eigenvalue weighted by molar-refractivity contribution is 7.99. The largest absolute Gasteiger partial charge is 0.356 e. The van der Waals surface area contributed by atoms with E-state index in [1.165, 1.54) is 30.8 Å². The summed E-state index contributed by atoms with van der Waals surface area (Å²) in [6, 6.07) is 3.46. The van der Waals surface area contributed by atoms with Crippen molar-refractivity contribution in [3.63, 3.8) is 0 Å². The Kier molecular flexibility index (Phi) is 4.20. The Bertz CT molecular complexity index is 444. The number of hydrogen-bond donors (Lipinski definition) is 1. The number of thioether (sulfide) groups is 1. The van der Waals surface area contributed by atoms with Gasteiger partial charge >= 0.3 is 0 Å². The van der Waals surface area contributed by atoms with Crippen LogP contribution in [-0.2, 0) is 6.54 Å². The Morgan fingerprint density at radius 2 is 2.32 bits per heavy atom. The first-order valence-corrected chi connectivity index (χ1v) is 8.45. The van der Waals surface area contributed by atoms with E-state index in [-0.39, 0.29) is 0 Å². The molecule has 1 aromatic heterocycles. The van der Waals surface area contributed by atoms with Crippen molar-refractivity contribution >= 4 is 29.2 Å². The van der Waals surface area contributed by atoms with Crippen LogP contribution in [0.25, 0.3) is 0 Å². The molecular formula is C14H20ClN3S. The molecular weight excluding hydrogens is 278 g/mol. The molecule has 1 aliphatic heterocycles. The van der Waals surface area contributed by atoms with Gasteiger partial charge in [-0.15, -0.1) is 0 Å². The monoisotopic (exact) mass is 297 g/mol. The van der Waals surface area contributed by atoms with Gasteiger partial charge in [0.25, 0.3) is 0 Å². The van der Waals surface area contributed by atoms with Crippen LogP contribution in [0.2, 0.25) is 5.02 Å². The van der Waals surface area contributed by atoms with E-state index in [1.807, 2.05) is 11.8 Å². The van der Waals surface area contributed by atoms with Crippen LogP contribution < -0.4 is 10.2 Å². The molecule has 0 aromatic carbocycles. The van der Waals surface area contributed by atoms with Gasteiger partial charge in [0.2, 0.25) is 0 Å². The van der Waals surface area contributed by atoms with Crippen molar-refractivity contribution in [3.05, 3.63) is 22.8 Å². The molecule has 1 saturated heterocycles. The molecule has 2 aliphatic rings. The van der Waals surface area contributed by atoms with Gasteiger partial charge in [-0.25, -0.2) is 4.98 Å². The van der Waals surface area contributed by atoms with Crippen LogP contribution in [0.4, 0.5) is 5.82 Å². The minimum Gasteiger partial charge on any atom is -0.356 e. The van der Waals surface area contributed by atoms with Crippen molar-refractivity contribution in [1.29, 1.82) is 0 Å². The molecule has 1 aromatic rings. The van der Waals surface area contributed by atoms with E-state index in [4.69, 9.17) is 11.6 Å². The predicted molar refractivity (Wildman–Crippen MR) is 83.2 cm³/mol. The maximum atomic E-state index is 6.24. The molecule has 1 aliphatic carbocycles. The Balaban J connectivity index is 1.71. The number of nitrogens with one attached hydrogen (secondary N) is 1. The second-order valence-corrected chi connectivity index (χ2v) is 6.97. The lowest BCUT2D eigenvalue weighted by atomic mass is 10.2. The Labute approximate surface area is 124 Å². The standard InChI is InChI=1S/C14H20ClN3S/c1-18(12-4-5-19-9-12)14-6-10(13(15)8-17-14)7-16-11-2-3-11/h6,8,11-12,16H,2-5,7,9H2,1H3. The SMILES string of the molecule is CN(c1cc(CNC2CC2)c(Cl)cn1)C1CCSC1. The third-order valence-electron chi connectivity index (χ3n) is 3.89. The fourth-order valence-corrected chi connectivity index (χ4v) is 3.79. The van der Waals surface area contributed by atoms with Crippen molar-refractivity contribution < 1.29 is 0 Å². The molecule has 3 rings (SSSR count). The second kappa shape index (κ2) is 5.90. The molecule has 1 N–H and O–H groups in total. The first-order valence-electron chi connectivity index (χ1n) is 6.92. The number of pyridine rings is 1. The number of anilines is 1. The topological polar surface area (TPSA) is 28.2 Å². The summed E-state index contributed by atoms with van der Waals surface area (Å²) in [6.45, 7) is 0.853. The number of nitrogens with zero attached hydrogens (tertiary/aromatic N) is 2. The Hall–Kier alpha value is -0.450. The molecule has 0 spiro atoms. The highest BCUT2D eigenvalue weighted by atomic mass is 35.5. The van der Waals surface area contributed by atoms with Crippen molar-refractivity contribution in [2.75, 3.05) is 23.5 Å². The van der Waals surface area contributed by atoms with Crippen molar-refractivity contribution in [3.8, 4) is 0 Å². The van der Waals surface area contributed by atoms with E-state index in [1.54, 1.807) is 6.20 Å². The average molecular weight is 298 g/mol. The molecule has 1 saturated carbocycles. The van der Waals surface area contributed by atoms with Crippen molar-refractivity contribution in [2.45, 2.75) is 37.9 Å². The van der Waals surface area contributed by atoms with Gasteiger partial charge in [0.1, 0.15) is 5.82 Å². The molecule has 0 bridgehead atoms. The summed E-state index contributed by atoms with van der Waals surface area (Å²) in [4.78, 5) is 6.79. The molecule has 104 valence electrons. The van der Waals surface area contributed by atoms with E-state index in [0.717, 1.165) is 22.9 Å².